The van der Waals surface area contributed by atoms with Crippen molar-refractivity contribution in [3.63, 3.8) is 0 Å². The van der Waals surface area contributed by atoms with Crippen LogP contribution in [0.25, 0.3) is 10.9 Å². The maximum Gasteiger partial charge on any atom is 0.150 e. The van der Waals surface area contributed by atoms with Gasteiger partial charge in [-0.15, -0.1) is 0 Å². The van der Waals surface area contributed by atoms with Gasteiger partial charge >= 0.3 is 0 Å². The molecule has 124 valence electrons. The van der Waals surface area contributed by atoms with Gasteiger partial charge in [-0.25, -0.2) is 4.98 Å². The van der Waals surface area contributed by atoms with E-state index in [0.717, 1.165) is 55.5 Å². The highest BCUT2D eigenvalue weighted by Gasteiger charge is 2.20. The maximum absolute atomic E-state index is 5.32. The van der Waals surface area contributed by atoms with E-state index in [9.17, 15) is 0 Å². The Morgan fingerprint density at radius 3 is 2.58 bits per heavy atom. The molecule has 4 rings (SSSR count). The van der Waals surface area contributed by atoms with Gasteiger partial charge in [0, 0.05) is 37.6 Å². The summed E-state index contributed by atoms with van der Waals surface area (Å²) in [5, 5.41) is 5.20. The lowest BCUT2D eigenvalue weighted by Gasteiger charge is -2.35. The number of rotatable bonds is 3. The van der Waals surface area contributed by atoms with Crippen LogP contribution in [0.4, 0.5) is 5.82 Å². The predicted octanol–water partition coefficient (Wildman–Crippen LogP) is 3.16. The molecule has 5 heteroatoms. The molecule has 0 bridgehead atoms. The Labute approximate surface area is 141 Å². The van der Waals surface area contributed by atoms with Crippen molar-refractivity contribution in [2.24, 2.45) is 0 Å². The molecule has 1 saturated heterocycles. The highest BCUT2D eigenvalue weighted by Crippen LogP contribution is 2.23. The molecule has 2 aromatic heterocycles. The molecule has 5 nitrogen and oxygen atoms in total. The fraction of sp³-hybridized carbons (Fsp3) is 0.368. The summed E-state index contributed by atoms with van der Waals surface area (Å²) in [6.45, 7) is 8.93. The molecule has 0 amide bonds. The maximum atomic E-state index is 5.32. The first kappa shape index (κ1) is 15.1. The minimum atomic E-state index is 0.832. The van der Waals surface area contributed by atoms with Crippen LogP contribution >= 0.6 is 0 Å². The topological polar surface area (TPSA) is 45.4 Å². The van der Waals surface area contributed by atoms with E-state index in [1.165, 1.54) is 10.9 Å². The summed E-state index contributed by atoms with van der Waals surface area (Å²) in [5.74, 6) is 2.03. The number of aryl methyl sites for hydroxylation is 2. The first-order chi connectivity index (χ1) is 11.7. The summed E-state index contributed by atoms with van der Waals surface area (Å²) in [5.41, 5.74) is 3.31. The fourth-order valence-electron chi connectivity index (χ4n) is 3.34. The van der Waals surface area contributed by atoms with Crippen LogP contribution in [0.5, 0.6) is 0 Å². The molecular weight excluding hydrogens is 300 g/mol. The Kier molecular flexibility index (Phi) is 3.94. The zero-order valence-electron chi connectivity index (χ0n) is 14.2. The molecule has 1 aliphatic rings. The Morgan fingerprint density at radius 1 is 1.04 bits per heavy atom. The van der Waals surface area contributed by atoms with E-state index in [1.807, 2.05) is 13.0 Å². The van der Waals surface area contributed by atoms with E-state index in [1.54, 1.807) is 0 Å². The summed E-state index contributed by atoms with van der Waals surface area (Å²) in [7, 11) is 0. The lowest BCUT2D eigenvalue weighted by Crippen LogP contribution is -2.46. The molecule has 0 saturated carbocycles. The van der Waals surface area contributed by atoms with Crippen molar-refractivity contribution >= 4 is 16.7 Å². The van der Waals surface area contributed by atoms with Crippen molar-refractivity contribution in [1.82, 2.24) is 15.0 Å². The Hall–Kier alpha value is -2.40. The molecule has 0 spiro atoms. The zero-order chi connectivity index (χ0) is 16.5. The van der Waals surface area contributed by atoms with Crippen LogP contribution in [0.1, 0.15) is 17.0 Å². The number of aromatic nitrogens is 2. The third-order valence-corrected chi connectivity index (χ3v) is 4.66. The highest BCUT2D eigenvalue weighted by atomic mass is 16.5. The zero-order valence-corrected chi connectivity index (χ0v) is 14.2. The van der Waals surface area contributed by atoms with Gasteiger partial charge in [-0.2, -0.15) is 0 Å². The standard InChI is InChI=1S/C19H22N4O/c1-14-11-19(20-18-6-4-3-5-17(14)18)23-9-7-22(8-10-23)13-16-12-15(2)21-24-16/h3-6,11-12H,7-10,13H2,1-2H3. The van der Waals surface area contributed by atoms with Gasteiger partial charge in [0.25, 0.3) is 0 Å². The van der Waals surface area contributed by atoms with Crippen LogP contribution < -0.4 is 4.90 Å². The average Bonchev–Trinajstić information content (AvgIpc) is 3.00. The van der Waals surface area contributed by atoms with Crippen LogP contribution in [0.2, 0.25) is 0 Å². The van der Waals surface area contributed by atoms with Gasteiger partial charge in [-0.3, -0.25) is 4.90 Å². The van der Waals surface area contributed by atoms with E-state index >= 15 is 0 Å². The molecule has 1 aromatic carbocycles. The molecule has 0 radical (unpaired) electrons. The molecule has 0 unspecified atom stereocenters. The molecule has 0 N–H and O–H groups in total. The van der Waals surface area contributed by atoms with Crippen molar-refractivity contribution < 1.29 is 4.52 Å². The monoisotopic (exact) mass is 322 g/mol. The normalized spacial score (nSPS) is 16.0. The van der Waals surface area contributed by atoms with Crippen molar-refractivity contribution in [1.29, 1.82) is 0 Å². The first-order valence-electron chi connectivity index (χ1n) is 8.45. The number of para-hydroxylation sites is 1. The lowest BCUT2D eigenvalue weighted by molar-refractivity contribution is 0.219. The van der Waals surface area contributed by atoms with Crippen molar-refractivity contribution in [3.8, 4) is 0 Å². The van der Waals surface area contributed by atoms with Crippen LogP contribution in [0.3, 0.4) is 0 Å². The summed E-state index contributed by atoms with van der Waals surface area (Å²) in [6, 6.07) is 12.6. The Bertz CT molecular complexity index is 849. The number of nitrogens with zero attached hydrogens (tertiary/aromatic N) is 4. The van der Waals surface area contributed by atoms with Crippen LogP contribution in [-0.4, -0.2) is 41.2 Å². The number of hydrogen-bond acceptors (Lipinski definition) is 5. The second-order valence-electron chi connectivity index (χ2n) is 6.51. The number of anilines is 1. The molecule has 0 aliphatic carbocycles. The molecular formula is C19H22N4O. The molecule has 1 fully saturated rings. The Morgan fingerprint density at radius 2 is 1.83 bits per heavy atom. The Balaban J connectivity index is 1.45. The molecule has 24 heavy (non-hydrogen) atoms. The number of hydrogen-bond donors (Lipinski definition) is 0. The number of benzene rings is 1. The molecule has 1 aliphatic heterocycles. The second kappa shape index (κ2) is 6.24. The van der Waals surface area contributed by atoms with Gasteiger partial charge in [0.05, 0.1) is 17.8 Å². The minimum Gasteiger partial charge on any atom is -0.360 e. The summed E-state index contributed by atoms with van der Waals surface area (Å²) < 4.78 is 5.32. The minimum absolute atomic E-state index is 0.832. The smallest absolute Gasteiger partial charge is 0.150 e. The third kappa shape index (κ3) is 2.99. The van der Waals surface area contributed by atoms with Gasteiger partial charge in [-0.05, 0) is 31.5 Å². The number of piperazine rings is 1. The van der Waals surface area contributed by atoms with Crippen LogP contribution in [0.15, 0.2) is 40.9 Å². The van der Waals surface area contributed by atoms with E-state index < -0.39 is 0 Å². The largest absolute Gasteiger partial charge is 0.360 e. The first-order valence-corrected chi connectivity index (χ1v) is 8.45. The van der Waals surface area contributed by atoms with Gasteiger partial charge in [0.2, 0.25) is 0 Å². The summed E-state index contributed by atoms with van der Waals surface area (Å²) >= 11 is 0. The van der Waals surface area contributed by atoms with Crippen molar-refractivity contribution in [3.05, 3.63) is 53.4 Å². The lowest BCUT2D eigenvalue weighted by atomic mass is 10.1. The highest BCUT2D eigenvalue weighted by molar-refractivity contribution is 5.83. The van der Waals surface area contributed by atoms with Crippen LogP contribution in [-0.2, 0) is 6.54 Å². The van der Waals surface area contributed by atoms with Gasteiger partial charge in [-0.1, -0.05) is 23.4 Å². The van der Waals surface area contributed by atoms with E-state index in [-0.39, 0.29) is 0 Å². The van der Waals surface area contributed by atoms with E-state index in [4.69, 9.17) is 9.51 Å². The summed E-state index contributed by atoms with van der Waals surface area (Å²) in [4.78, 5) is 9.63. The van der Waals surface area contributed by atoms with Gasteiger partial charge < -0.3 is 9.42 Å². The fourth-order valence-corrected chi connectivity index (χ4v) is 3.34. The van der Waals surface area contributed by atoms with E-state index in [0.29, 0.717) is 0 Å². The molecule has 3 aromatic rings. The van der Waals surface area contributed by atoms with Crippen molar-refractivity contribution in [2.45, 2.75) is 20.4 Å². The number of pyridine rings is 1. The van der Waals surface area contributed by atoms with E-state index in [2.05, 4.69) is 52.2 Å². The van der Waals surface area contributed by atoms with Gasteiger partial charge in [0.15, 0.2) is 5.76 Å². The van der Waals surface area contributed by atoms with Gasteiger partial charge in [0.1, 0.15) is 5.82 Å². The van der Waals surface area contributed by atoms with Crippen LogP contribution in [0, 0.1) is 13.8 Å². The number of fused-ring (bicyclic) bond motifs is 1. The summed E-state index contributed by atoms with van der Waals surface area (Å²) in [6.07, 6.45) is 0. The second-order valence-corrected chi connectivity index (χ2v) is 6.51. The molecule has 0 atom stereocenters. The average molecular weight is 322 g/mol. The third-order valence-electron chi connectivity index (χ3n) is 4.66. The predicted molar refractivity (Wildman–Crippen MR) is 95.2 cm³/mol. The SMILES string of the molecule is Cc1cc(CN2CCN(c3cc(C)c4ccccc4n3)CC2)on1. The molecule has 3 heterocycles. The quantitative estimate of drug-likeness (QED) is 0.741. The van der Waals surface area contributed by atoms with Crippen molar-refractivity contribution in [2.75, 3.05) is 31.1 Å².